The number of hydrogen-bond donors (Lipinski definition) is 1. The summed E-state index contributed by atoms with van der Waals surface area (Å²) >= 11 is 5.76. The number of halogens is 3. The first-order valence-corrected chi connectivity index (χ1v) is 5.43. The maximum absolute atomic E-state index is 12.9. The van der Waals surface area contributed by atoms with Crippen LogP contribution in [0.1, 0.15) is 6.42 Å². The maximum atomic E-state index is 12.9. The number of ether oxygens (including phenoxy) is 1. The van der Waals surface area contributed by atoms with Gasteiger partial charge in [-0.2, -0.15) is 8.78 Å². The van der Waals surface area contributed by atoms with Crippen LogP contribution in [0.2, 0.25) is 5.02 Å². The highest BCUT2D eigenvalue weighted by Gasteiger charge is 2.50. The van der Waals surface area contributed by atoms with Crippen LogP contribution in [0.5, 0.6) is 0 Å². The van der Waals surface area contributed by atoms with Crippen LogP contribution in [-0.2, 0) is 9.53 Å². The van der Waals surface area contributed by atoms with Crippen molar-refractivity contribution in [1.82, 2.24) is 0 Å². The predicted octanol–water partition coefficient (Wildman–Crippen LogP) is 2.70. The Morgan fingerprint density at radius 3 is 2.88 bits per heavy atom. The van der Waals surface area contributed by atoms with E-state index in [9.17, 15) is 13.6 Å². The molecule has 1 aromatic rings. The summed E-state index contributed by atoms with van der Waals surface area (Å²) in [5.41, 5.74) is 0.698. The second-order valence-electron chi connectivity index (χ2n) is 3.83. The van der Waals surface area contributed by atoms with Crippen molar-refractivity contribution in [3.8, 4) is 0 Å². The molecular formula is C11H10ClF2NO2. The molecule has 2 rings (SSSR count). The van der Waals surface area contributed by atoms with Gasteiger partial charge in [0.2, 0.25) is 0 Å². The van der Waals surface area contributed by atoms with E-state index in [4.69, 9.17) is 11.6 Å². The molecule has 0 radical (unpaired) electrons. The van der Waals surface area contributed by atoms with Crippen molar-refractivity contribution in [3.63, 3.8) is 0 Å². The summed E-state index contributed by atoms with van der Waals surface area (Å²) in [6, 6.07) is 6.85. The van der Waals surface area contributed by atoms with E-state index < -0.39 is 24.4 Å². The van der Waals surface area contributed by atoms with Crippen LogP contribution in [0.4, 0.5) is 14.5 Å². The molecular weight excluding hydrogens is 252 g/mol. The van der Waals surface area contributed by atoms with Crippen LogP contribution < -0.4 is 5.32 Å². The van der Waals surface area contributed by atoms with Gasteiger partial charge in [0.15, 0.2) is 0 Å². The molecule has 1 unspecified atom stereocenters. The normalized spacial score (nSPS) is 22.3. The van der Waals surface area contributed by atoms with E-state index in [0.717, 1.165) is 0 Å². The first kappa shape index (κ1) is 12.1. The van der Waals surface area contributed by atoms with E-state index in [0.29, 0.717) is 10.7 Å². The van der Waals surface area contributed by atoms with E-state index in [2.05, 4.69) is 10.1 Å². The van der Waals surface area contributed by atoms with Crippen molar-refractivity contribution in [2.75, 3.05) is 11.9 Å². The minimum atomic E-state index is -3.36. The largest absolute Gasteiger partial charge is 0.456 e. The minimum absolute atomic E-state index is 0.141. The first-order chi connectivity index (χ1) is 7.97. The molecule has 1 aromatic carbocycles. The Balaban J connectivity index is 1.90. The molecule has 1 aliphatic heterocycles. The number of carbonyl (C=O) groups excluding carboxylic acids is 1. The molecule has 17 heavy (non-hydrogen) atoms. The van der Waals surface area contributed by atoms with Gasteiger partial charge in [0, 0.05) is 10.7 Å². The van der Waals surface area contributed by atoms with Gasteiger partial charge in [-0.3, -0.25) is 0 Å². The Hall–Kier alpha value is -1.36. The highest BCUT2D eigenvalue weighted by Crippen LogP contribution is 2.31. The number of alkyl halides is 2. The second-order valence-corrected chi connectivity index (χ2v) is 4.26. The van der Waals surface area contributed by atoms with Crippen molar-refractivity contribution in [2.45, 2.75) is 18.4 Å². The van der Waals surface area contributed by atoms with Gasteiger partial charge in [-0.25, -0.2) is 4.79 Å². The number of esters is 1. The third-order valence-electron chi connectivity index (χ3n) is 2.41. The fourth-order valence-electron chi connectivity index (χ4n) is 1.59. The highest BCUT2D eigenvalue weighted by atomic mass is 35.5. The van der Waals surface area contributed by atoms with Crippen LogP contribution >= 0.6 is 11.6 Å². The van der Waals surface area contributed by atoms with E-state index in [1.807, 2.05) is 0 Å². The topological polar surface area (TPSA) is 38.3 Å². The lowest BCUT2D eigenvalue weighted by atomic mass is 10.2. The first-order valence-electron chi connectivity index (χ1n) is 5.06. The van der Waals surface area contributed by atoms with Crippen molar-refractivity contribution in [3.05, 3.63) is 29.3 Å². The van der Waals surface area contributed by atoms with Crippen LogP contribution in [0.15, 0.2) is 24.3 Å². The van der Waals surface area contributed by atoms with Crippen molar-refractivity contribution in [1.29, 1.82) is 0 Å². The van der Waals surface area contributed by atoms with Crippen molar-refractivity contribution in [2.24, 2.45) is 0 Å². The number of benzene rings is 1. The summed E-state index contributed by atoms with van der Waals surface area (Å²) in [5, 5.41) is 3.44. The molecule has 0 amide bonds. The van der Waals surface area contributed by atoms with Gasteiger partial charge in [0.1, 0.15) is 6.10 Å². The van der Waals surface area contributed by atoms with Gasteiger partial charge in [0.25, 0.3) is 0 Å². The molecule has 3 nitrogen and oxygen atoms in total. The van der Waals surface area contributed by atoms with Gasteiger partial charge in [-0.15, -0.1) is 0 Å². The average molecular weight is 262 g/mol. The number of cyclic esters (lactones) is 1. The Bertz CT molecular complexity index is 439. The molecule has 0 aromatic heterocycles. The zero-order valence-electron chi connectivity index (χ0n) is 8.75. The molecule has 1 N–H and O–H groups in total. The molecule has 0 spiro atoms. The van der Waals surface area contributed by atoms with E-state index in [1.54, 1.807) is 24.3 Å². The molecule has 0 saturated carbocycles. The third-order valence-corrected chi connectivity index (χ3v) is 2.65. The predicted molar refractivity (Wildman–Crippen MR) is 59.4 cm³/mol. The Labute approximate surface area is 102 Å². The van der Waals surface area contributed by atoms with E-state index >= 15 is 0 Å². The van der Waals surface area contributed by atoms with E-state index in [1.165, 1.54) is 0 Å². The molecule has 0 aliphatic carbocycles. The number of nitrogens with one attached hydrogen (secondary N) is 1. The lowest BCUT2D eigenvalue weighted by Gasteiger charge is -2.11. The van der Waals surface area contributed by atoms with Crippen molar-refractivity contribution < 1.29 is 18.3 Å². The fourth-order valence-corrected chi connectivity index (χ4v) is 1.78. The van der Waals surface area contributed by atoms with Gasteiger partial charge < -0.3 is 10.1 Å². The highest BCUT2D eigenvalue weighted by molar-refractivity contribution is 6.30. The Morgan fingerprint density at radius 1 is 1.53 bits per heavy atom. The number of hydrogen-bond acceptors (Lipinski definition) is 3. The summed E-state index contributed by atoms with van der Waals surface area (Å²) in [6.07, 6.45) is -1.39. The second kappa shape index (κ2) is 4.49. The smallest absolute Gasteiger partial charge is 0.377 e. The molecule has 1 saturated heterocycles. The molecule has 1 aliphatic rings. The number of anilines is 1. The van der Waals surface area contributed by atoms with Crippen LogP contribution in [0.25, 0.3) is 0 Å². The van der Waals surface area contributed by atoms with Gasteiger partial charge in [-0.1, -0.05) is 17.7 Å². The van der Waals surface area contributed by atoms with Gasteiger partial charge in [0.05, 0.1) is 13.0 Å². The zero-order valence-corrected chi connectivity index (χ0v) is 9.51. The average Bonchev–Trinajstić information content (AvgIpc) is 2.50. The van der Waals surface area contributed by atoms with Crippen LogP contribution in [-0.4, -0.2) is 24.5 Å². The van der Waals surface area contributed by atoms with Crippen LogP contribution in [0.3, 0.4) is 0 Å². The Morgan fingerprint density at radius 2 is 2.29 bits per heavy atom. The summed E-state index contributed by atoms with van der Waals surface area (Å²) in [5.74, 6) is -4.81. The summed E-state index contributed by atoms with van der Waals surface area (Å²) in [4.78, 5) is 10.8. The zero-order chi connectivity index (χ0) is 12.5. The lowest BCUT2D eigenvalue weighted by molar-refractivity contribution is -0.158. The van der Waals surface area contributed by atoms with E-state index in [-0.39, 0.29) is 6.54 Å². The van der Waals surface area contributed by atoms with Gasteiger partial charge in [-0.05, 0) is 18.2 Å². The standard InChI is InChI=1S/C11H10ClF2NO2/c12-7-2-1-3-8(4-7)15-6-9-5-11(13,14)10(16)17-9/h1-4,9,15H,5-6H2. The fraction of sp³-hybridized carbons (Fsp3) is 0.364. The van der Waals surface area contributed by atoms with Crippen LogP contribution in [0, 0.1) is 0 Å². The SMILES string of the molecule is O=C1OC(CNc2cccc(Cl)c2)CC1(F)F. The van der Waals surface area contributed by atoms with Gasteiger partial charge >= 0.3 is 11.9 Å². The number of rotatable bonds is 3. The monoisotopic (exact) mass is 261 g/mol. The lowest BCUT2D eigenvalue weighted by Crippen LogP contribution is -2.22. The van der Waals surface area contributed by atoms with Crippen molar-refractivity contribution >= 4 is 23.3 Å². The molecule has 1 heterocycles. The maximum Gasteiger partial charge on any atom is 0.377 e. The molecule has 0 bridgehead atoms. The summed E-state index contributed by atoms with van der Waals surface area (Å²) in [6.45, 7) is 0.141. The molecule has 6 heteroatoms. The molecule has 1 fully saturated rings. The number of carbonyl (C=O) groups is 1. The minimum Gasteiger partial charge on any atom is -0.456 e. The summed E-state index contributed by atoms with van der Waals surface area (Å²) < 4.78 is 30.3. The Kier molecular flexibility index (Phi) is 3.19. The molecule has 1 atom stereocenters. The third kappa shape index (κ3) is 2.85. The summed E-state index contributed by atoms with van der Waals surface area (Å²) in [7, 11) is 0. The molecule has 92 valence electrons. The quantitative estimate of drug-likeness (QED) is 0.850.